The number of carbonyl (C=O) groups is 7. The van der Waals surface area contributed by atoms with Crippen molar-refractivity contribution in [2.45, 2.75) is 141 Å². The largest absolute Gasteiger partial charge is 0.465 e. The number of benzene rings is 2. The van der Waals surface area contributed by atoms with Crippen LogP contribution in [-0.4, -0.2) is 173 Å². The zero-order valence-corrected chi connectivity index (χ0v) is 53.2. The van der Waals surface area contributed by atoms with Crippen LogP contribution < -0.4 is 10.6 Å². The number of anilines is 1. The molecule has 2 amide bonds. The average molecular weight is 1300 g/mol. The number of esters is 2. The quantitative estimate of drug-likeness (QED) is 0.0577. The van der Waals surface area contributed by atoms with Gasteiger partial charge in [-0.3, -0.25) is 24.0 Å². The van der Waals surface area contributed by atoms with Gasteiger partial charge in [0.05, 0.1) is 41.9 Å². The van der Waals surface area contributed by atoms with Gasteiger partial charge in [-0.2, -0.15) is 4.99 Å². The molecule has 6 saturated carbocycles. The van der Waals surface area contributed by atoms with Gasteiger partial charge in [-0.1, -0.05) is 62.4 Å². The van der Waals surface area contributed by atoms with Crippen molar-refractivity contribution in [3.05, 3.63) is 108 Å². The number of aliphatic hydroxyl groups excluding tert-OH is 4. The van der Waals surface area contributed by atoms with Crippen molar-refractivity contribution in [3.8, 4) is 0 Å². The Labute approximate surface area is 537 Å². The Hall–Kier alpha value is -6.85. The monoisotopic (exact) mass is 1300 g/mol. The summed E-state index contributed by atoms with van der Waals surface area (Å²) in [6.07, 6.45) is 4.37. The van der Waals surface area contributed by atoms with Crippen LogP contribution in [-0.2, 0) is 47.8 Å². The maximum absolute atomic E-state index is 17.7. The summed E-state index contributed by atoms with van der Waals surface area (Å²) in [6, 6.07) is 14.8. The lowest BCUT2D eigenvalue weighted by atomic mass is 9.43. The number of halogens is 4. The Morgan fingerprint density at radius 2 is 1.15 bits per heavy atom. The van der Waals surface area contributed by atoms with Gasteiger partial charge < -0.3 is 50.2 Å². The van der Waals surface area contributed by atoms with E-state index < -0.39 is 170 Å². The number of likely N-dealkylation sites (tertiary alicyclic amines) is 1. The highest BCUT2D eigenvalue weighted by atomic mass is 19.2. The Bertz CT molecular complexity index is 3430. The van der Waals surface area contributed by atoms with E-state index in [1.165, 1.54) is 62.0 Å². The molecule has 3 heterocycles. The number of para-hydroxylation sites is 2. The molecule has 3 aliphatic heterocycles. The molecule has 0 spiro atoms. The van der Waals surface area contributed by atoms with Gasteiger partial charge in [0.1, 0.15) is 37.6 Å². The van der Waals surface area contributed by atoms with E-state index in [0.29, 0.717) is 11.4 Å². The number of alkyl halides is 4. The topological polar surface area (TPSA) is 285 Å². The highest BCUT2D eigenvalue weighted by Crippen LogP contribution is 2.77. The normalized spacial score (nSPS) is 40.8. The first-order chi connectivity index (χ1) is 44.1. The van der Waals surface area contributed by atoms with E-state index in [-0.39, 0.29) is 76.0 Å². The standard InChI is InChI=1S/C33H38F2N2O7.C26H33F2NO6.C7H5NO.C4H8O/c1-4-44-28(42)27-23-13-20-21-14-24(34)22-12-19(39)10-11-30(22,2)33(21,35)25(40)15-31(20,3)32(23,26(41)16-38)17-37(27)29(43)36-18-8-6-5-7-9-18;1-4-35-22(34)21-17-8-14-15-9-18(27)16-7-13(31)5-6-23(16,2)26(15,28)19(32)10-24(14,3)25(17,12-29-21)20(33)11-30;9-6-8-7-4-2-1-3-5-7;1-2-4-5-3-1/h5-12,20-21,23-25,27,38,40H,4,13-17H2,1-3H3,(H,36,43);5-7,14-15,17-19,21,29-30,32H,4,8-12H2,1-3H3;1-5H;1-4H2/t20-,21-,23-,24-,25-,27?,30-,31-,32+,33-;14-,15-,17-,18-,19-,21?,23-,24-,25+,26-;;/m00../s1. The van der Waals surface area contributed by atoms with Gasteiger partial charge in [-0.25, -0.2) is 31.9 Å². The molecule has 2 aromatic carbocycles. The molecule has 9 fully saturated rings. The van der Waals surface area contributed by atoms with Crippen molar-refractivity contribution in [2.75, 3.05) is 58.0 Å². The molecule has 8 aliphatic carbocycles. The number of nitrogens with one attached hydrogen (secondary N) is 2. The van der Waals surface area contributed by atoms with Crippen LogP contribution in [0, 0.1) is 68.0 Å². The van der Waals surface area contributed by atoms with Crippen LogP contribution in [0.5, 0.6) is 0 Å². The fourth-order valence-electron chi connectivity index (χ4n) is 19.7. The van der Waals surface area contributed by atoms with E-state index in [1.807, 2.05) is 25.1 Å². The second-order valence-electron chi connectivity index (χ2n) is 27.6. The fourth-order valence-corrected chi connectivity index (χ4v) is 19.7. The SMILES string of the molecule is C1CCOC1.CCOC(=O)C1NC[C@]2(C(=O)CO)[C@H]1C[C@H]1[C@@H]3C[C@H](F)C4=CC(=O)C=C[C@]4(C)[C@@]3(F)[C@@H](O)C[C@@]12C.CCOC(=O)C1[C@@H]2C[C@H]3[C@@H]4C[C@H](F)C5=CC(=O)C=C[C@]5(C)[C@@]4(F)[C@@H](O)C[C@]3(C)[C@]2(C(=O)CO)CN1C(=O)Nc1ccccc1.O=C=Nc1ccccc1. The summed E-state index contributed by atoms with van der Waals surface area (Å²) >= 11 is 0. The van der Waals surface area contributed by atoms with Crippen molar-refractivity contribution in [1.29, 1.82) is 0 Å². The molecule has 13 rings (SSSR count). The lowest BCUT2D eigenvalue weighted by Crippen LogP contribution is -2.69. The number of ketones is 4. The number of hydrogen-bond acceptors (Lipinski definition) is 17. The van der Waals surface area contributed by atoms with E-state index in [2.05, 4.69) is 15.6 Å². The van der Waals surface area contributed by atoms with Gasteiger partial charge in [0, 0.05) is 60.6 Å². The van der Waals surface area contributed by atoms with Gasteiger partial charge in [-0.15, -0.1) is 0 Å². The molecule has 2 aromatic rings. The molecule has 502 valence electrons. The Morgan fingerprint density at radius 1 is 0.677 bits per heavy atom. The number of amides is 2. The highest BCUT2D eigenvalue weighted by molar-refractivity contribution is 6.02. The minimum atomic E-state index is -2.38. The number of ether oxygens (including phenoxy) is 3. The second kappa shape index (κ2) is 26.0. The molecule has 19 nitrogen and oxygen atoms in total. The molecular formula is C70H84F4N4O15. The fraction of sp³-hybridized carbons (Fsp3) is 0.600. The van der Waals surface area contributed by atoms with Crippen molar-refractivity contribution < 1.29 is 90.6 Å². The lowest BCUT2D eigenvalue weighted by Gasteiger charge is -2.63. The summed E-state index contributed by atoms with van der Waals surface area (Å²) in [4.78, 5) is 106. The van der Waals surface area contributed by atoms with Crippen LogP contribution in [0.2, 0.25) is 0 Å². The van der Waals surface area contributed by atoms with Crippen molar-refractivity contribution in [2.24, 2.45) is 73.0 Å². The lowest BCUT2D eigenvalue weighted by molar-refractivity contribution is -0.211. The number of nitrogens with zero attached hydrogens (tertiary/aromatic N) is 2. The number of urea groups is 1. The Kier molecular flexibility index (Phi) is 19.3. The molecule has 6 N–H and O–H groups in total. The number of aliphatic hydroxyl groups is 4. The predicted octanol–water partition coefficient (Wildman–Crippen LogP) is 7.62. The second-order valence-corrected chi connectivity index (χ2v) is 27.6. The number of isocyanates is 1. The van der Waals surface area contributed by atoms with Crippen LogP contribution in [0.1, 0.15) is 92.9 Å². The molecule has 0 bridgehead atoms. The van der Waals surface area contributed by atoms with Crippen LogP contribution in [0.3, 0.4) is 0 Å². The molecular weight excluding hydrogens is 1210 g/mol. The van der Waals surface area contributed by atoms with E-state index in [1.54, 1.807) is 63.2 Å². The van der Waals surface area contributed by atoms with Crippen LogP contribution in [0.25, 0.3) is 0 Å². The van der Waals surface area contributed by atoms with E-state index in [4.69, 9.17) is 14.2 Å². The zero-order chi connectivity index (χ0) is 67.4. The Morgan fingerprint density at radius 3 is 1.62 bits per heavy atom. The summed E-state index contributed by atoms with van der Waals surface area (Å²) in [5.41, 5.74) is -11.6. The van der Waals surface area contributed by atoms with Crippen LogP contribution >= 0.6 is 0 Å². The van der Waals surface area contributed by atoms with Crippen molar-refractivity contribution in [3.63, 3.8) is 0 Å². The first kappa shape index (κ1) is 69.0. The summed E-state index contributed by atoms with van der Waals surface area (Å²) in [6.45, 7) is 10.2. The van der Waals surface area contributed by atoms with Gasteiger partial charge in [0.25, 0.3) is 0 Å². The number of hydrogen-bond donors (Lipinski definition) is 6. The summed E-state index contributed by atoms with van der Waals surface area (Å²) in [7, 11) is 0. The molecule has 0 radical (unpaired) electrons. The van der Waals surface area contributed by atoms with Gasteiger partial charge >= 0.3 is 18.0 Å². The smallest absolute Gasteiger partial charge is 0.329 e. The molecule has 2 unspecified atom stereocenters. The maximum Gasteiger partial charge on any atom is 0.329 e. The van der Waals surface area contributed by atoms with Crippen LogP contribution in [0.4, 0.5) is 33.7 Å². The number of carbonyl (C=O) groups excluding carboxylic acids is 8. The van der Waals surface area contributed by atoms with E-state index in [0.717, 1.165) is 25.4 Å². The van der Waals surface area contributed by atoms with Crippen molar-refractivity contribution >= 4 is 58.6 Å². The van der Waals surface area contributed by atoms with Crippen LogP contribution in [0.15, 0.2) is 113 Å². The number of allylic oxidation sites excluding steroid dienone is 8. The van der Waals surface area contributed by atoms with E-state index >= 15 is 17.6 Å². The summed E-state index contributed by atoms with van der Waals surface area (Å²) < 4.78 is 82.2. The predicted molar refractivity (Wildman–Crippen MR) is 329 cm³/mol. The maximum atomic E-state index is 17.7. The summed E-state index contributed by atoms with van der Waals surface area (Å²) in [5, 5.41) is 49.3. The molecule has 0 aromatic heterocycles. The Balaban J connectivity index is 0.000000170. The molecule has 23 heteroatoms. The van der Waals surface area contributed by atoms with Crippen molar-refractivity contribution in [1.82, 2.24) is 10.2 Å². The average Bonchev–Trinajstić information content (AvgIpc) is 1.57. The third kappa shape index (κ3) is 10.6. The van der Waals surface area contributed by atoms with Gasteiger partial charge in [-0.05, 0) is 167 Å². The zero-order valence-electron chi connectivity index (χ0n) is 53.2. The first-order valence-corrected chi connectivity index (χ1v) is 32.3. The van der Waals surface area contributed by atoms with Gasteiger partial charge in [0.2, 0.25) is 6.08 Å². The number of Topliss-reactive ketones (excluding diaryl/α,β-unsaturated/α-hetero) is 2. The first-order valence-electron chi connectivity index (χ1n) is 32.3. The van der Waals surface area contributed by atoms with E-state index in [9.17, 15) is 58.8 Å². The number of aliphatic imine (C=N–C) groups is 1. The highest BCUT2D eigenvalue weighted by Gasteiger charge is 2.82. The third-order valence-electron chi connectivity index (χ3n) is 23.9. The van der Waals surface area contributed by atoms with Gasteiger partial charge in [0.15, 0.2) is 34.5 Å². The minimum absolute atomic E-state index is 0.00875. The molecule has 3 saturated heterocycles. The molecule has 20 atom stereocenters. The molecule has 11 aliphatic rings. The molecule has 93 heavy (non-hydrogen) atoms. The number of fused-ring (bicyclic) bond motifs is 14. The third-order valence-corrected chi connectivity index (χ3v) is 23.9. The summed E-state index contributed by atoms with van der Waals surface area (Å²) in [5.74, 6) is -7.96. The minimum Gasteiger partial charge on any atom is -0.465 e. The number of rotatable bonds is 10.